The van der Waals surface area contributed by atoms with Crippen LogP contribution in [0, 0.1) is 5.41 Å². The van der Waals surface area contributed by atoms with E-state index in [0.717, 1.165) is 38.4 Å². The standard InChI is InChI=1S/C27H31NO2/c1-2-8-22(9-3-1)14-15-27(26-13-7-19-30-26)16-17-28(21-27)20-23-10-4-5-11-24(23)25-12-6-18-29-25/h1-6,8-12,18,26H,7,13-17,19-21H2. The Bertz CT molecular complexity index is 931. The molecule has 3 heterocycles. The number of furan rings is 1. The summed E-state index contributed by atoms with van der Waals surface area (Å²) in [4.78, 5) is 2.63. The Labute approximate surface area is 179 Å². The first-order valence-corrected chi connectivity index (χ1v) is 11.3. The van der Waals surface area contributed by atoms with Gasteiger partial charge in [0.25, 0.3) is 0 Å². The average Bonchev–Trinajstić information content (AvgIpc) is 3.56. The molecule has 0 saturated carbocycles. The minimum absolute atomic E-state index is 0.270. The van der Waals surface area contributed by atoms with Crippen LogP contribution in [0.15, 0.2) is 77.4 Å². The second-order valence-corrected chi connectivity index (χ2v) is 8.94. The van der Waals surface area contributed by atoms with Gasteiger partial charge in [-0.05, 0) is 61.9 Å². The first kappa shape index (κ1) is 19.6. The van der Waals surface area contributed by atoms with E-state index in [-0.39, 0.29) is 5.41 Å². The molecule has 5 rings (SSSR count). The highest BCUT2D eigenvalue weighted by atomic mass is 16.5. The van der Waals surface area contributed by atoms with Crippen molar-refractivity contribution in [3.8, 4) is 11.3 Å². The first-order valence-electron chi connectivity index (χ1n) is 11.3. The maximum atomic E-state index is 6.27. The number of benzene rings is 2. The van der Waals surface area contributed by atoms with E-state index in [4.69, 9.17) is 9.15 Å². The van der Waals surface area contributed by atoms with Crippen molar-refractivity contribution in [2.24, 2.45) is 5.41 Å². The molecule has 2 fully saturated rings. The summed E-state index contributed by atoms with van der Waals surface area (Å²) >= 11 is 0. The topological polar surface area (TPSA) is 25.6 Å². The van der Waals surface area contributed by atoms with Gasteiger partial charge < -0.3 is 9.15 Å². The number of ether oxygens (including phenoxy) is 1. The number of aryl methyl sites for hydroxylation is 1. The number of likely N-dealkylation sites (tertiary alicyclic amines) is 1. The molecule has 3 heteroatoms. The Morgan fingerprint density at radius 3 is 2.63 bits per heavy atom. The van der Waals surface area contributed by atoms with Gasteiger partial charge in [-0.3, -0.25) is 4.90 Å². The minimum Gasteiger partial charge on any atom is -0.464 e. The van der Waals surface area contributed by atoms with Crippen LogP contribution in [-0.4, -0.2) is 30.7 Å². The predicted octanol–water partition coefficient (Wildman–Crippen LogP) is 5.95. The third kappa shape index (κ3) is 4.10. The van der Waals surface area contributed by atoms with E-state index < -0.39 is 0 Å². The predicted molar refractivity (Wildman–Crippen MR) is 120 cm³/mol. The molecular formula is C27H31NO2. The van der Waals surface area contributed by atoms with Crippen molar-refractivity contribution in [3.05, 3.63) is 84.1 Å². The van der Waals surface area contributed by atoms with Gasteiger partial charge in [0.05, 0.1) is 12.4 Å². The fourth-order valence-electron chi connectivity index (χ4n) is 5.42. The molecule has 2 aromatic carbocycles. The Morgan fingerprint density at radius 1 is 0.967 bits per heavy atom. The highest BCUT2D eigenvalue weighted by Crippen LogP contribution is 2.44. The van der Waals surface area contributed by atoms with Gasteiger partial charge in [-0.15, -0.1) is 0 Å². The van der Waals surface area contributed by atoms with Crippen LogP contribution in [-0.2, 0) is 17.7 Å². The number of hydrogen-bond donors (Lipinski definition) is 0. The van der Waals surface area contributed by atoms with Crippen LogP contribution >= 0.6 is 0 Å². The lowest BCUT2D eigenvalue weighted by Crippen LogP contribution is -2.38. The summed E-state index contributed by atoms with van der Waals surface area (Å²) in [5, 5.41) is 0. The molecule has 0 radical (unpaired) electrons. The Kier molecular flexibility index (Phi) is 5.74. The SMILES string of the molecule is c1ccc(CCC2(C3CCCO3)CCN(Cc3ccccc3-c3ccco3)C2)cc1. The molecule has 1 aromatic heterocycles. The molecule has 2 saturated heterocycles. The lowest BCUT2D eigenvalue weighted by molar-refractivity contribution is -0.00180. The molecule has 30 heavy (non-hydrogen) atoms. The van der Waals surface area contributed by atoms with Crippen LogP contribution < -0.4 is 0 Å². The lowest BCUT2D eigenvalue weighted by Gasteiger charge is -2.35. The fourth-order valence-corrected chi connectivity index (χ4v) is 5.42. The van der Waals surface area contributed by atoms with E-state index in [9.17, 15) is 0 Å². The van der Waals surface area contributed by atoms with Gasteiger partial charge in [0.1, 0.15) is 5.76 Å². The zero-order valence-electron chi connectivity index (χ0n) is 17.6. The molecule has 2 atom stereocenters. The summed E-state index contributed by atoms with van der Waals surface area (Å²) in [5.41, 5.74) is 4.27. The highest BCUT2D eigenvalue weighted by Gasteiger charge is 2.45. The normalized spacial score (nSPS) is 24.5. The van der Waals surface area contributed by atoms with Gasteiger partial charge in [-0.2, -0.15) is 0 Å². The van der Waals surface area contributed by atoms with Crippen molar-refractivity contribution in [1.29, 1.82) is 0 Å². The Balaban J connectivity index is 1.33. The van der Waals surface area contributed by atoms with E-state index >= 15 is 0 Å². The van der Waals surface area contributed by atoms with E-state index in [1.807, 2.05) is 6.07 Å². The van der Waals surface area contributed by atoms with Gasteiger partial charge in [0.2, 0.25) is 0 Å². The van der Waals surface area contributed by atoms with Crippen molar-refractivity contribution < 1.29 is 9.15 Å². The fraction of sp³-hybridized carbons (Fsp3) is 0.407. The minimum atomic E-state index is 0.270. The van der Waals surface area contributed by atoms with Gasteiger partial charge in [0.15, 0.2) is 0 Å². The zero-order chi connectivity index (χ0) is 20.2. The summed E-state index contributed by atoms with van der Waals surface area (Å²) in [6, 6.07) is 23.6. The smallest absolute Gasteiger partial charge is 0.134 e. The molecule has 2 aliphatic rings. The van der Waals surface area contributed by atoms with Crippen LogP contribution in [0.4, 0.5) is 0 Å². The van der Waals surface area contributed by atoms with Crippen molar-refractivity contribution in [2.75, 3.05) is 19.7 Å². The van der Waals surface area contributed by atoms with E-state index in [2.05, 4.69) is 65.6 Å². The number of hydrogen-bond acceptors (Lipinski definition) is 3. The first-order chi connectivity index (χ1) is 14.8. The summed E-state index contributed by atoms with van der Waals surface area (Å²) in [7, 11) is 0. The second-order valence-electron chi connectivity index (χ2n) is 8.94. The molecule has 3 aromatic rings. The molecule has 0 bridgehead atoms. The van der Waals surface area contributed by atoms with Crippen molar-refractivity contribution in [2.45, 2.75) is 44.8 Å². The van der Waals surface area contributed by atoms with Crippen molar-refractivity contribution in [1.82, 2.24) is 4.90 Å². The largest absolute Gasteiger partial charge is 0.464 e. The summed E-state index contributed by atoms with van der Waals surface area (Å²) in [6.07, 6.45) is 8.16. The van der Waals surface area contributed by atoms with Crippen LogP contribution in [0.2, 0.25) is 0 Å². The quantitative estimate of drug-likeness (QED) is 0.489. The molecule has 3 nitrogen and oxygen atoms in total. The maximum absolute atomic E-state index is 6.27. The van der Waals surface area contributed by atoms with Crippen molar-refractivity contribution >= 4 is 0 Å². The highest BCUT2D eigenvalue weighted by molar-refractivity contribution is 5.61. The Hall–Kier alpha value is -2.36. The average molecular weight is 402 g/mol. The summed E-state index contributed by atoms with van der Waals surface area (Å²) in [6.45, 7) is 4.16. The zero-order valence-corrected chi connectivity index (χ0v) is 17.6. The van der Waals surface area contributed by atoms with Crippen LogP contribution in [0.25, 0.3) is 11.3 Å². The maximum Gasteiger partial charge on any atom is 0.134 e. The van der Waals surface area contributed by atoms with E-state index in [0.29, 0.717) is 6.10 Å². The number of nitrogens with zero attached hydrogens (tertiary/aromatic N) is 1. The summed E-state index contributed by atoms with van der Waals surface area (Å²) < 4.78 is 12.0. The Morgan fingerprint density at radius 2 is 1.83 bits per heavy atom. The molecule has 2 unspecified atom stereocenters. The second kappa shape index (κ2) is 8.79. The lowest BCUT2D eigenvalue weighted by atomic mass is 9.75. The van der Waals surface area contributed by atoms with Crippen molar-refractivity contribution in [3.63, 3.8) is 0 Å². The molecule has 0 aliphatic carbocycles. The molecule has 156 valence electrons. The monoisotopic (exact) mass is 401 g/mol. The van der Waals surface area contributed by atoms with Crippen LogP contribution in [0.5, 0.6) is 0 Å². The molecule has 0 spiro atoms. The third-order valence-electron chi connectivity index (χ3n) is 7.03. The van der Waals surface area contributed by atoms with Gasteiger partial charge >= 0.3 is 0 Å². The van der Waals surface area contributed by atoms with Gasteiger partial charge in [-0.1, -0.05) is 54.6 Å². The number of rotatable bonds is 7. The molecular weight excluding hydrogens is 370 g/mol. The summed E-state index contributed by atoms with van der Waals surface area (Å²) in [5.74, 6) is 0.958. The van der Waals surface area contributed by atoms with Crippen LogP contribution in [0.1, 0.15) is 36.8 Å². The van der Waals surface area contributed by atoms with Gasteiger partial charge in [0, 0.05) is 30.7 Å². The van der Waals surface area contributed by atoms with Crippen LogP contribution in [0.3, 0.4) is 0 Å². The molecule has 0 amide bonds. The van der Waals surface area contributed by atoms with Gasteiger partial charge in [-0.25, -0.2) is 0 Å². The third-order valence-corrected chi connectivity index (χ3v) is 7.03. The molecule has 2 aliphatic heterocycles. The molecule has 0 N–H and O–H groups in total. The van der Waals surface area contributed by atoms with E-state index in [1.54, 1.807) is 6.26 Å². The van der Waals surface area contributed by atoms with E-state index in [1.165, 1.54) is 42.4 Å².